The molecule has 0 bridgehead atoms. The number of aromatic nitrogens is 3. The van der Waals surface area contributed by atoms with Crippen LogP contribution in [0.2, 0.25) is 0 Å². The molecule has 1 amide bonds. The summed E-state index contributed by atoms with van der Waals surface area (Å²) in [6, 6.07) is 6.18. The zero-order valence-electron chi connectivity index (χ0n) is 15.1. The van der Waals surface area contributed by atoms with E-state index < -0.39 is 0 Å². The molecule has 2 aromatic rings. The van der Waals surface area contributed by atoms with Crippen LogP contribution in [-0.2, 0) is 11.3 Å². The van der Waals surface area contributed by atoms with Gasteiger partial charge in [-0.2, -0.15) is 5.10 Å². The van der Waals surface area contributed by atoms with Crippen LogP contribution >= 0.6 is 0 Å². The van der Waals surface area contributed by atoms with Crippen LogP contribution in [0.4, 0.5) is 0 Å². The third-order valence-corrected chi connectivity index (χ3v) is 5.68. The molecule has 0 unspecified atom stereocenters. The first-order chi connectivity index (χ1) is 12.1. The molecule has 0 aromatic carbocycles. The Morgan fingerprint density at radius 2 is 2.08 bits per heavy atom. The van der Waals surface area contributed by atoms with Crippen molar-refractivity contribution in [2.45, 2.75) is 45.6 Å². The number of carbonyl (C=O) groups excluding carboxylic acids is 1. The number of rotatable bonds is 4. The molecule has 2 atom stereocenters. The highest BCUT2D eigenvalue weighted by molar-refractivity contribution is 5.83. The van der Waals surface area contributed by atoms with Crippen molar-refractivity contribution in [3.8, 4) is 0 Å². The Kier molecular flexibility index (Phi) is 4.32. The second-order valence-electron chi connectivity index (χ2n) is 7.61. The normalized spacial score (nSPS) is 23.7. The van der Waals surface area contributed by atoms with Crippen molar-refractivity contribution in [1.29, 1.82) is 0 Å². The molecule has 2 aliphatic rings. The standard InChI is InChI=1S/C20H26N4O/c1-14-10-15(2)24(22-14)13-16-5-8-23(9-6-16)20(25)19-11-18(19)17-4-3-7-21-12-17/h3-4,7,10,12,16,18-19H,5-6,8-9,11,13H2,1-2H3/t18-,19-/m1/s1. The second-order valence-corrected chi connectivity index (χ2v) is 7.61. The van der Waals surface area contributed by atoms with Gasteiger partial charge in [0.1, 0.15) is 0 Å². The first-order valence-corrected chi connectivity index (χ1v) is 9.31. The van der Waals surface area contributed by atoms with Crippen LogP contribution in [0.5, 0.6) is 0 Å². The molecule has 0 spiro atoms. The van der Waals surface area contributed by atoms with E-state index in [1.165, 1.54) is 11.3 Å². The van der Waals surface area contributed by atoms with Gasteiger partial charge in [-0.3, -0.25) is 14.5 Å². The van der Waals surface area contributed by atoms with Crippen molar-refractivity contribution >= 4 is 5.91 Å². The summed E-state index contributed by atoms with van der Waals surface area (Å²) in [5.41, 5.74) is 3.52. The highest BCUT2D eigenvalue weighted by Crippen LogP contribution is 2.48. The summed E-state index contributed by atoms with van der Waals surface area (Å²) in [6.45, 7) is 6.91. The van der Waals surface area contributed by atoms with Crippen LogP contribution in [0.1, 0.15) is 42.1 Å². The molecule has 0 radical (unpaired) electrons. The number of piperidine rings is 1. The average Bonchev–Trinajstić information content (AvgIpc) is 3.36. The van der Waals surface area contributed by atoms with Crippen LogP contribution < -0.4 is 0 Å². The number of hydrogen-bond acceptors (Lipinski definition) is 3. The largest absolute Gasteiger partial charge is 0.342 e. The third-order valence-electron chi connectivity index (χ3n) is 5.68. The van der Waals surface area contributed by atoms with Crippen molar-refractivity contribution in [3.05, 3.63) is 47.5 Å². The maximum atomic E-state index is 12.8. The van der Waals surface area contributed by atoms with E-state index in [2.05, 4.69) is 38.7 Å². The SMILES string of the molecule is Cc1cc(C)n(CC2CCN(C(=O)[C@@H]3C[C@@H]3c3cccnc3)CC2)n1. The van der Waals surface area contributed by atoms with E-state index >= 15 is 0 Å². The summed E-state index contributed by atoms with van der Waals surface area (Å²) in [7, 11) is 0. The predicted octanol–water partition coefficient (Wildman–Crippen LogP) is 2.94. The van der Waals surface area contributed by atoms with Crippen molar-refractivity contribution in [3.63, 3.8) is 0 Å². The van der Waals surface area contributed by atoms with Crippen LogP contribution in [0.15, 0.2) is 30.6 Å². The quantitative estimate of drug-likeness (QED) is 0.861. The van der Waals surface area contributed by atoms with Gasteiger partial charge in [0, 0.05) is 43.6 Å². The van der Waals surface area contributed by atoms with Crippen LogP contribution in [-0.4, -0.2) is 38.7 Å². The highest BCUT2D eigenvalue weighted by Gasteiger charge is 2.46. The molecule has 3 heterocycles. The van der Waals surface area contributed by atoms with Gasteiger partial charge in [0.15, 0.2) is 0 Å². The number of amides is 1. The Balaban J connectivity index is 1.29. The lowest BCUT2D eigenvalue weighted by Gasteiger charge is -2.32. The van der Waals surface area contributed by atoms with Gasteiger partial charge in [0.05, 0.1) is 5.69 Å². The zero-order chi connectivity index (χ0) is 17.4. The van der Waals surface area contributed by atoms with E-state index in [0.717, 1.165) is 44.6 Å². The molecule has 2 fully saturated rings. The molecule has 1 saturated carbocycles. The van der Waals surface area contributed by atoms with Gasteiger partial charge in [0.2, 0.25) is 5.91 Å². The minimum atomic E-state index is 0.178. The van der Waals surface area contributed by atoms with Crippen molar-refractivity contribution < 1.29 is 4.79 Å². The fourth-order valence-corrected chi connectivity index (χ4v) is 4.11. The minimum absolute atomic E-state index is 0.178. The third kappa shape index (κ3) is 3.46. The van der Waals surface area contributed by atoms with Crippen LogP contribution in [0.25, 0.3) is 0 Å². The first kappa shape index (κ1) is 16.3. The van der Waals surface area contributed by atoms with E-state index in [9.17, 15) is 4.79 Å². The summed E-state index contributed by atoms with van der Waals surface area (Å²) < 4.78 is 2.12. The van der Waals surface area contributed by atoms with Gasteiger partial charge in [0.25, 0.3) is 0 Å². The zero-order valence-corrected chi connectivity index (χ0v) is 15.1. The fourth-order valence-electron chi connectivity index (χ4n) is 4.11. The predicted molar refractivity (Wildman–Crippen MR) is 96.1 cm³/mol. The van der Waals surface area contributed by atoms with Gasteiger partial charge >= 0.3 is 0 Å². The summed E-state index contributed by atoms with van der Waals surface area (Å²) >= 11 is 0. The van der Waals surface area contributed by atoms with E-state index in [1.54, 1.807) is 6.20 Å². The van der Waals surface area contributed by atoms with Crippen molar-refractivity contribution in [2.24, 2.45) is 11.8 Å². The molecule has 1 aliphatic carbocycles. The monoisotopic (exact) mass is 338 g/mol. The molecule has 132 valence electrons. The number of carbonyl (C=O) groups is 1. The number of hydrogen-bond donors (Lipinski definition) is 0. The Labute approximate surface area is 149 Å². The molecular formula is C20H26N4O. The van der Waals surface area contributed by atoms with Crippen molar-refractivity contribution in [1.82, 2.24) is 19.7 Å². The minimum Gasteiger partial charge on any atom is -0.342 e. The second kappa shape index (κ2) is 6.62. The molecule has 1 saturated heterocycles. The molecule has 4 rings (SSSR count). The smallest absolute Gasteiger partial charge is 0.226 e. The lowest BCUT2D eigenvalue weighted by Crippen LogP contribution is -2.40. The highest BCUT2D eigenvalue weighted by atomic mass is 16.2. The number of nitrogens with zero attached hydrogens (tertiary/aromatic N) is 4. The molecule has 0 N–H and O–H groups in total. The van der Waals surface area contributed by atoms with Gasteiger partial charge in [-0.15, -0.1) is 0 Å². The van der Waals surface area contributed by atoms with E-state index in [4.69, 9.17) is 0 Å². The average molecular weight is 338 g/mol. The maximum Gasteiger partial charge on any atom is 0.226 e. The topological polar surface area (TPSA) is 51.0 Å². The van der Waals surface area contributed by atoms with E-state index in [1.807, 2.05) is 19.2 Å². The van der Waals surface area contributed by atoms with Crippen LogP contribution in [0, 0.1) is 25.7 Å². The van der Waals surface area contributed by atoms with Crippen molar-refractivity contribution in [2.75, 3.05) is 13.1 Å². The summed E-state index contributed by atoms with van der Waals surface area (Å²) in [5, 5.41) is 4.57. The lowest BCUT2D eigenvalue weighted by molar-refractivity contribution is -0.134. The molecule has 1 aliphatic heterocycles. The Bertz CT molecular complexity index is 746. The summed E-state index contributed by atoms with van der Waals surface area (Å²) in [6.07, 6.45) is 6.83. The lowest BCUT2D eigenvalue weighted by atomic mass is 9.96. The summed E-state index contributed by atoms with van der Waals surface area (Å²) in [5.74, 6) is 1.53. The number of aryl methyl sites for hydroxylation is 2. The molecule has 2 aromatic heterocycles. The maximum absolute atomic E-state index is 12.8. The van der Waals surface area contributed by atoms with Gasteiger partial charge in [-0.25, -0.2) is 0 Å². The Morgan fingerprint density at radius 3 is 2.72 bits per heavy atom. The molecule has 25 heavy (non-hydrogen) atoms. The van der Waals surface area contributed by atoms with E-state index in [-0.39, 0.29) is 5.92 Å². The summed E-state index contributed by atoms with van der Waals surface area (Å²) in [4.78, 5) is 19.0. The van der Waals surface area contributed by atoms with Gasteiger partial charge in [-0.1, -0.05) is 6.07 Å². The Hall–Kier alpha value is -2.17. The first-order valence-electron chi connectivity index (χ1n) is 9.31. The fraction of sp³-hybridized carbons (Fsp3) is 0.550. The molecular weight excluding hydrogens is 312 g/mol. The molecule has 5 heteroatoms. The van der Waals surface area contributed by atoms with E-state index in [0.29, 0.717) is 17.7 Å². The number of likely N-dealkylation sites (tertiary alicyclic amines) is 1. The van der Waals surface area contributed by atoms with Gasteiger partial charge in [-0.05, 0) is 62.6 Å². The Morgan fingerprint density at radius 1 is 1.28 bits per heavy atom. The number of pyridine rings is 1. The van der Waals surface area contributed by atoms with Gasteiger partial charge < -0.3 is 4.90 Å². The van der Waals surface area contributed by atoms with Crippen LogP contribution in [0.3, 0.4) is 0 Å². The molecule has 5 nitrogen and oxygen atoms in total.